The lowest BCUT2D eigenvalue weighted by molar-refractivity contribution is -0.122. The van der Waals surface area contributed by atoms with Crippen LogP contribution in [0.3, 0.4) is 0 Å². The second-order valence-corrected chi connectivity index (χ2v) is 5.84. The van der Waals surface area contributed by atoms with E-state index in [2.05, 4.69) is 5.32 Å². The Hall–Kier alpha value is -0.570. The summed E-state index contributed by atoms with van der Waals surface area (Å²) < 4.78 is 0. The number of fused-ring (bicyclic) bond motifs is 2. The van der Waals surface area contributed by atoms with Gasteiger partial charge in [0.1, 0.15) is 0 Å². The Bertz CT molecular complexity index is 267. The fraction of sp³-hybridized carbons (Fsp3) is 0.929. The normalized spacial score (nSPS) is 32.7. The average molecular weight is 239 g/mol. The van der Waals surface area contributed by atoms with Gasteiger partial charge in [-0.3, -0.25) is 4.79 Å². The number of hydrogen-bond acceptors (Lipinski definition) is 2. The van der Waals surface area contributed by atoms with Gasteiger partial charge in [-0.25, -0.2) is 0 Å². The molecular formula is C14H25NO2. The highest BCUT2D eigenvalue weighted by Gasteiger charge is 2.39. The standard InChI is InChI=1S/C14H25NO2/c1-2-13(16)5-6-15-14(17)9-12-8-10-3-4-11(12)7-10/h10-13,16H,2-9H2,1H3,(H,15,17). The van der Waals surface area contributed by atoms with Gasteiger partial charge in [0.25, 0.3) is 0 Å². The quantitative estimate of drug-likeness (QED) is 0.745. The van der Waals surface area contributed by atoms with E-state index in [4.69, 9.17) is 0 Å². The van der Waals surface area contributed by atoms with Crippen LogP contribution in [0.5, 0.6) is 0 Å². The third-order valence-corrected chi connectivity index (χ3v) is 4.60. The molecule has 2 aliphatic carbocycles. The Labute approximate surface area is 104 Å². The zero-order valence-electron chi connectivity index (χ0n) is 10.8. The first-order valence-corrected chi connectivity index (χ1v) is 7.13. The molecule has 4 unspecified atom stereocenters. The molecule has 0 aromatic heterocycles. The maximum Gasteiger partial charge on any atom is 0.220 e. The zero-order valence-corrected chi connectivity index (χ0v) is 10.8. The smallest absolute Gasteiger partial charge is 0.220 e. The molecule has 0 aliphatic heterocycles. The molecule has 0 saturated heterocycles. The molecule has 4 atom stereocenters. The Balaban J connectivity index is 1.61. The van der Waals surface area contributed by atoms with Crippen molar-refractivity contribution in [2.45, 2.75) is 58.0 Å². The summed E-state index contributed by atoms with van der Waals surface area (Å²) in [4.78, 5) is 11.8. The lowest BCUT2D eigenvalue weighted by Crippen LogP contribution is -2.29. The van der Waals surface area contributed by atoms with E-state index in [-0.39, 0.29) is 12.0 Å². The molecule has 0 aromatic rings. The van der Waals surface area contributed by atoms with Gasteiger partial charge >= 0.3 is 0 Å². The summed E-state index contributed by atoms with van der Waals surface area (Å²) in [5.74, 6) is 2.57. The zero-order chi connectivity index (χ0) is 12.3. The highest BCUT2D eigenvalue weighted by atomic mass is 16.3. The van der Waals surface area contributed by atoms with Gasteiger partial charge in [0.15, 0.2) is 0 Å². The molecule has 0 radical (unpaired) electrons. The van der Waals surface area contributed by atoms with Crippen molar-refractivity contribution in [2.75, 3.05) is 6.54 Å². The number of rotatable bonds is 6. The van der Waals surface area contributed by atoms with E-state index in [1.54, 1.807) is 0 Å². The van der Waals surface area contributed by atoms with Crippen LogP contribution < -0.4 is 5.32 Å². The molecule has 2 rings (SSSR count). The van der Waals surface area contributed by atoms with Crippen molar-refractivity contribution >= 4 is 5.91 Å². The van der Waals surface area contributed by atoms with Crippen molar-refractivity contribution < 1.29 is 9.90 Å². The third kappa shape index (κ3) is 3.44. The molecule has 0 aromatic carbocycles. The number of carbonyl (C=O) groups excluding carboxylic acids is 1. The predicted octanol–water partition coefficient (Wildman–Crippen LogP) is 2.09. The van der Waals surface area contributed by atoms with Crippen LogP contribution in [0.2, 0.25) is 0 Å². The number of carbonyl (C=O) groups is 1. The summed E-state index contributed by atoms with van der Waals surface area (Å²) in [6.45, 7) is 2.58. The van der Waals surface area contributed by atoms with Gasteiger partial charge in [0.05, 0.1) is 6.10 Å². The Kier molecular flexibility index (Phi) is 4.43. The molecular weight excluding hydrogens is 214 g/mol. The lowest BCUT2D eigenvalue weighted by atomic mass is 9.86. The summed E-state index contributed by atoms with van der Waals surface area (Å²) in [7, 11) is 0. The van der Waals surface area contributed by atoms with Crippen LogP contribution in [-0.4, -0.2) is 23.7 Å². The van der Waals surface area contributed by atoms with Gasteiger partial charge in [-0.05, 0) is 49.9 Å². The first kappa shape index (κ1) is 12.9. The van der Waals surface area contributed by atoms with E-state index < -0.39 is 0 Å². The molecule has 17 heavy (non-hydrogen) atoms. The van der Waals surface area contributed by atoms with Crippen molar-refractivity contribution in [2.24, 2.45) is 17.8 Å². The number of aliphatic hydroxyl groups is 1. The first-order chi connectivity index (χ1) is 8.19. The topological polar surface area (TPSA) is 49.3 Å². The largest absolute Gasteiger partial charge is 0.393 e. The van der Waals surface area contributed by atoms with Crippen molar-refractivity contribution in [1.82, 2.24) is 5.32 Å². The molecule has 98 valence electrons. The molecule has 0 heterocycles. The van der Waals surface area contributed by atoms with Gasteiger partial charge in [-0.1, -0.05) is 13.3 Å². The number of nitrogens with one attached hydrogen (secondary N) is 1. The van der Waals surface area contributed by atoms with Crippen molar-refractivity contribution in [3.05, 3.63) is 0 Å². The van der Waals surface area contributed by atoms with E-state index in [0.717, 1.165) is 18.3 Å². The number of hydrogen-bond donors (Lipinski definition) is 2. The lowest BCUT2D eigenvalue weighted by Gasteiger charge is -2.21. The second-order valence-electron chi connectivity index (χ2n) is 5.84. The van der Waals surface area contributed by atoms with Crippen LogP contribution in [0.4, 0.5) is 0 Å². The van der Waals surface area contributed by atoms with Crippen LogP contribution in [0.25, 0.3) is 0 Å². The van der Waals surface area contributed by atoms with Gasteiger partial charge in [-0.2, -0.15) is 0 Å². The van der Waals surface area contributed by atoms with Crippen LogP contribution >= 0.6 is 0 Å². The first-order valence-electron chi connectivity index (χ1n) is 7.13. The predicted molar refractivity (Wildman–Crippen MR) is 67.5 cm³/mol. The molecule has 2 N–H and O–H groups in total. The SMILES string of the molecule is CCC(O)CCNC(=O)CC1CC2CCC1C2. The Morgan fingerprint density at radius 1 is 1.41 bits per heavy atom. The van der Waals surface area contributed by atoms with Crippen LogP contribution in [0, 0.1) is 17.8 Å². The Morgan fingerprint density at radius 3 is 2.82 bits per heavy atom. The maximum atomic E-state index is 11.8. The highest BCUT2D eigenvalue weighted by Crippen LogP contribution is 2.49. The monoisotopic (exact) mass is 239 g/mol. The Morgan fingerprint density at radius 2 is 2.24 bits per heavy atom. The average Bonchev–Trinajstić information content (AvgIpc) is 2.90. The van der Waals surface area contributed by atoms with Crippen molar-refractivity contribution in [3.63, 3.8) is 0 Å². The molecule has 2 bridgehead atoms. The van der Waals surface area contributed by atoms with E-state index >= 15 is 0 Å². The second kappa shape index (κ2) is 5.85. The van der Waals surface area contributed by atoms with Gasteiger partial charge < -0.3 is 10.4 Å². The summed E-state index contributed by atoms with van der Waals surface area (Å²) >= 11 is 0. The van der Waals surface area contributed by atoms with Crippen LogP contribution in [-0.2, 0) is 4.79 Å². The van der Waals surface area contributed by atoms with Crippen molar-refractivity contribution in [1.29, 1.82) is 0 Å². The summed E-state index contributed by atoms with van der Waals surface area (Å²) in [6.07, 6.45) is 7.27. The van der Waals surface area contributed by atoms with Crippen LogP contribution in [0.1, 0.15) is 51.9 Å². The summed E-state index contributed by atoms with van der Waals surface area (Å²) in [6, 6.07) is 0. The fourth-order valence-corrected chi connectivity index (χ4v) is 3.52. The van der Waals surface area contributed by atoms with Gasteiger partial charge in [0.2, 0.25) is 5.91 Å². The maximum absolute atomic E-state index is 11.8. The molecule has 2 fully saturated rings. The minimum absolute atomic E-state index is 0.186. The minimum atomic E-state index is -0.266. The van der Waals surface area contributed by atoms with Gasteiger partial charge in [0, 0.05) is 13.0 Å². The van der Waals surface area contributed by atoms with E-state index in [1.165, 1.54) is 25.7 Å². The third-order valence-electron chi connectivity index (χ3n) is 4.60. The van der Waals surface area contributed by atoms with E-state index in [0.29, 0.717) is 25.3 Å². The van der Waals surface area contributed by atoms with Gasteiger partial charge in [-0.15, -0.1) is 0 Å². The number of amides is 1. The highest BCUT2D eigenvalue weighted by molar-refractivity contribution is 5.76. The van der Waals surface area contributed by atoms with E-state index in [1.807, 2.05) is 6.92 Å². The summed E-state index contributed by atoms with van der Waals surface area (Å²) in [5.41, 5.74) is 0. The molecule has 1 amide bonds. The summed E-state index contributed by atoms with van der Waals surface area (Å²) in [5, 5.41) is 12.3. The van der Waals surface area contributed by atoms with Crippen LogP contribution in [0.15, 0.2) is 0 Å². The van der Waals surface area contributed by atoms with Crippen molar-refractivity contribution in [3.8, 4) is 0 Å². The van der Waals surface area contributed by atoms with E-state index in [9.17, 15) is 9.90 Å². The fourth-order valence-electron chi connectivity index (χ4n) is 3.52. The molecule has 2 saturated carbocycles. The molecule has 2 aliphatic rings. The molecule has 3 heteroatoms. The molecule has 3 nitrogen and oxygen atoms in total. The molecule has 0 spiro atoms. The minimum Gasteiger partial charge on any atom is -0.393 e. The number of aliphatic hydroxyl groups excluding tert-OH is 1.